The van der Waals surface area contributed by atoms with Crippen molar-refractivity contribution in [2.24, 2.45) is 5.92 Å². The number of ether oxygens (including phenoxy) is 1. The minimum absolute atomic E-state index is 0.00817. The average molecular weight is 496 g/mol. The summed E-state index contributed by atoms with van der Waals surface area (Å²) in [5, 5.41) is 19.1. The largest absolute Gasteiger partial charge is 0.573 e. The number of aromatic nitrogens is 1. The molecule has 0 aliphatic carbocycles. The van der Waals surface area contributed by atoms with Gasteiger partial charge in [-0.3, -0.25) is 9.78 Å². The first-order valence-electron chi connectivity index (χ1n) is 11.3. The molecular formula is C27H36F3NO4. The van der Waals surface area contributed by atoms with Crippen LogP contribution in [-0.4, -0.2) is 33.9 Å². The molecule has 2 atom stereocenters. The molecule has 5 nitrogen and oxygen atoms in total. The summed E-state index contributed by atoms with van der Waals surface area (Å²) in [6.07, 6.45) is -1.59. The first-order valence-corrected chi connectivity index (χ1v) is 11.3. The van der Waals surface area contributed by atoms with Crippen molar-refractivity contribution in [2.45, 2.75) is 59.9 Å². The number of aliphatic hydroxyl groups excluding tert-OH is 2. The van der Waals surface area contributed by atoms with Gasteiger partial charge in [-0.25, -0.2) is 0 Å². The SMILES string of the molecule is C=CC(=O)CC(C)CC(=C)c1c([C@H](O)CO)ccnc1C.CC.Cc1ccc(OC(F)(F)F)cc1. The average Bonchev–Trinajstić information content (AvgIpc) is 2.80. The van der Waals surface area contributed by atoms with E-state index in [1.165, 1.54) is 18.2 Å². The standard InChI is InChI=1S/C17H23NO3.C8H7F3O.C2H6/c1-5-14(20)9-11(2)8-12(3)17-13(4)18-7-6-15(17)16(21)10-19;1-6-2-4-7(5-3-6)12-8(9,10)11;1-2/h5-7,11,16,19,21H,1,3,8-10H2,2,4H3;2-5H,1H3;1-2H3/t11?,16-;;/m1../s1. The number of benzene rings is 1. The van der Waals surface area contributed by atoms with Gasteiger partial charge in [0.2, 0.25) is 0 Å². The molecule has 0 fully saturated rings. The first kappa shape index (κ1) is 32.0. The topological polar surface area (TPSA) is 79.7 Å². The van der Waals surface area contributed by atoms with Crippen molar-refractivity contribution < 1.29 is 32.9 Å². The van der Waals surface area contributed by atoms with Crippen LogP contribution in [0.2, 0.25) is 0 Å². The van der Waals surface area contributed by atoms with Crippen LogP contribution in [0.5, 0.6) is 5.75 Å². The molecular weight excluding hydrogens is 459 g/mol. The highest BCUT2D eigenvalue weighted by Gasteiger charge is 2.30. The number of allylic oxidation sites excluding steroid dienone is 2. The predicted octanol–water partition coefficient (Wildman–Crippen LogP) is 6.52. The molecule has 0 aliphatic heterocycles. The minimum atomic E-state index is -4.60. The first-order chi connectivity index (χ1) is 16.4. The van der Waals surface area contributed by atoms with Gasteiger partial charge >= 0.3 is 6.36 Å². The van der Waals surface area contributed by atoms with E-state index in [4.69, 9.17) is 5.11 Å². The van der Waals surface area contributed by atoms with Crippen molar-refractivity contribution in [1.29, 1.82) is 0 Å². The van der Waals surface area contributed by atoms with E-state index in [1.807, 2.05) is 27.7 Å². The van der Waals surface area contributed by atoms with Crippen molar-refractivity contribution in [3.8, 4) is 5.75 Å². The summed E-state index contributed by atoms with van der Waals surface area (Å²) in [4.78, 5) is 15.6. The van der Waals surface area contributed by atoms with Crippen LogP contribution in [0.15, 0.2) is 55.8 Å². The number of aliphatic hydroxyl groups is 2. The van der Waals surface area contributed by atoms with Crippen molar-refractivity contribution >= 4 is 11.4 Å². The Morgan fingerprint density at radius 3 is 2.20 bits per heavy atom. The molecule has 0 aliphatic rings. The number of rotatable bonds is 9. The van der Waals surface area contributed by atoms with E-state index in [0.717, 1.165) is 22.4 Å². The number of hydrogen-bond acceptors (Lipinski definition) is 5. The zero-order valence-electron chi connectivity index (χ0n) is 21.0. The van der Waals surface area contributed by atoms with Crippen LogP contribution in [0.25, 0.3) is 5.57 Å². The maximum Gasteiger partial charge on any atom is 0.573 e. The Hall–Kier alpha value is -2.97. The lowest BCUT2D eigenvalue weighted by atomic mass is 9.89. The quantitative estimate of drug-likeness (QED) is 0.387. The number of carbonyl (C=O) groups excluding carboxylic acids is 1. The minimum Gasteiger partial charge on any atom is -0.406 e. The number of aryl methyl sites for hydroxylation is 2. The number of ketones is 1. The maximum atomic E-state index is 11.6. The number of alkyl halides is 3. The Labute approximate surface area is 206 Å². The molecule has 0 spiro atoms. The highest BCUT2D eigenvalue weighted by atomic mass is 19.4. The third-order valence-electron chi connectivity index (χ3n) is 4.68. The molecule has 1 heterocycles. The van der Waals surface area contributed by atoms with Crippen LogP contribution in [0.3, 0.4) is 0 Å². The van der Waals surface area contributed by atoms with Crippen LogP contribution in [0, 0.1) is 19.8 Å². The molecule has 8 heteroatoms. The molecule has 2 aromatic rings. The van der Waals surface area contributed by atoms with Gasteiger partial charge in [0.25, 0.3) is 0 Å². The van der Waals surface area contributed by atoms with Gasteiger partial charge in [0, 0.05) is 23.9 Å². The lowest BCUT2D eigenvalue weighted by Crippen LogP contribution is -2.16. The third kappa shape index (κ3) is 12.3. The van der Waals surface area contributed by atoms with Crippen LogP contribution in [0.4, 0.5) is 13.2 Å². The van der Waals surface area contributed by atoms with Crippen molar-refractivity contribution in [3.63, 3.8) is 0 Å². The smallest absolute Gasteiger partial charge is 0.406 e. The lowest BCUT2D eigenvalue weighted by molar-refractivity contribution is -0.274. The lowest BCUT2D eigenvalue weighted by Gasteiger charge is -2.19. The molecule has 194 valence electrons. The van der Waals surface area contributed by atoms with E-state index >= 15 is 0 Å². The fraction of sp³-hybridized carbons (Fsp3) is 0.407. The van der Waals surface area contributed by atoms with Crippen LogP contribution >= 0.6 is 0 Å². The zero-order valence-corrected chi connectivity index (χ0v) is 21.0. The summed E-state index contributed by atoms with van der Waals surface area (Å²) < 4.78 is 38.5. The fourth-order valence-electron chi connectivity index (χ4n) is 3.18. The molecule has 2 N–H and O–H groups in total. The van der Waals surface area contributed by atoms with Crippen LogP contribution < -0.4 is 4.74 Å². The Morgan fingerprint density at radius 1 is 1.14 bits per heavy atom. The predicted molar refractivity (Wildman–Crippen MR) is 133 cm³/mol. The molecule has 0 saturated heterocycles. The van der Waals surface area contributed by atoms with E-state index in [-0.39, 0.29) is 24.1 Å². The molecule has 2 rings (SSSR count). The number of pyridine rings is 1. The maximum absolute atomic E-state index is 11.6. The van der Waals surface area contributed by atoms with Crippen molar-refractivity contribution in [2.75, 3.05) is 6.61 Å². The van der Waals surface area contributed by atoms with Crippen LogP contribution in [-0.2, 0) is 4.79 Å². The van der Waals surface area contributed by atoms with E-state index in [1.54, 1.807) is 31.3 Å². The summed E-state index contributed by atoms with van der Waals surface area (Å²) in [7, 11) is 0. The van der Waals surface area contributed by atoms with Gasteiger partial charge in [-0.1, -0.05) is 51.6 Å². The van der Waals surface area contributed by atoms with Gasteiger partial charge in [0.15, 0.2) is 5.78 Å². The van der Waals surface area contributed by atoms with E-state index in [9.17, 15) is 23.1 Å². The summed E-state index contributed by atoms with van der Waals surface area (Å²) in [5.74, 6) is -0.0522. The van der Waals surface area contributed by atoms with E-state index in [0.29, 0.717) is 18.4 Å². The summed E-state index contributed by atoms with van der Waals surface area (Å²) >= 11 is 0. The van der Waals surface area contributed by atoms with Gasteiger partial charge in [-0.15, -0.1) is 13.2 Å². The summed E-state index contributed by atoms with van der Waals surface area (Å²) in [6.45, 7) is 16.8. The number of nitrogens with zero attached hydrogens (tertiary/aromatic N) is 1. The Morgan fingerprint density at radius 2 is 1.71 bits per heavy atom. The third-order valence-corrected chi connectivity index (χ3v) is 4.68. The van der Waals surface area contributed by atoms with Gasteiger partial charge in [0.1, 0.15) is 11.9 Å². The Bertz CT molecular complexity index is 940. The van der Waals surface area contributed by atoms with Crippen LogP contribution in [0.1, 0.15) is 62.1 Å². The molecule has 1 aromatic carbocycles. The fourth-order valence-corrected chi connectivity index (χ4v) is 3.18. The monoisotopic (exact) mass is 495 g/mol. The van der Waals surface area contributed by atoms with Crippen molar-refractivity contribution in [1.82, 2.24) is 4.98 Å². The highest BCUT2D eigenvalue weighted by Crippen LogP contribution is 2.30. The summed E-state index contributed by atoms with van der Waals surface area (Å²) in [5.41, 5.74) is 3.86. The Balaban J connectivity index is 0.000000698. The van der Waals surface area contributed by atoms with Gasteiger partial charge in [-0.2, -0.15) is 0 Å². The summed E-state index contributed by atoms with van der Waals surface area (Å²) in [6, 6.07) is 7.36. The van der Waals surface area contributed by atoms with Gasteiger partial charge in [0.05, 0.1) is 6.61 Å². The number of carbonyl (C=O) groups is 1. The second-order valence-corrected chi connectivity index (χ2v) is 7.71. The highest BCUT2D eigenvalue weighted by molar-refractivity contribution is 5.89. The second kappa shape index (κ2) is 15.8. The molecule has 0 radical (unpaired) electrons. The molecule has 1 aromatic heterocycles. The number of halogens is 3. The number of hydrogen-bond donors (Lipinski definition) is 2. The van der Waals surface area contributed by atoms with Crippen molar-refractivity contribution in [3.05, 3.63) is 78.1 Å². The molecule has 0 amide bonds. The normalized spacial score (nSPS) is 12.2. The molecule has 35 heavy (non-hydrogen) atoms. The molecule has 0 bridgehead atoms. The second-order valence-electron chi connectivity index (χ2n) is 7.71. The molecule has 1 unspecified atom stereocenters. The zero-order chi connectivity index (χ0) is 27.2. The Kier molecular flexibility index (Phi) is 14.5. The van der Waals surface area contributed by atoms with Gasteiger partial charge in [-0.05, 0) is 61.6 Å². The van der Waals surface area contributed by atoms with Gasteiger partial charge < -0.3 is 14.9 Å². The van der Waals surface area contributed by atoms with E-state index < -0.39 is 12.5 Å². The molecule has 0 saturated carbocycles. The van der Waals surface area contributed by atoms with E-state index in [2.05, 4.69) is 22.9 Å².